The Bertz CT molecular complexity index is 860. The normalized spacial score (nSPS) is 12.2. The first kappa shape index (κ1) is 17.6. The van der Waals surface area contributed by atoms with Gasteiger partial charge in [-0.15, -0.1) is 11.3 Å². The molecule has 3 rings (SSSR count). The number of thiazole rings is 1. The number of aromatic nitrogens is 1. The Kier molecular flexibility index (Phi) is 5.48. The molecule has 0 aliphatic rings. The number of benzene rings is 2. The van der Waals surface area contributed by atoms with Gasteiger partial charge < -0.3 is 15.5 Å². The Hall–Kier alpha value is -2.21. The van der Waals surface area contributed by atoms with Crippen molar-refractivity contribution in [1.29, 1.82) is 0 Å². The van der Waals surface area contributed by atoms with Crippen molar-refractivity contribution < 1.29 is 10.2 Å². The summed E-state index contributed by atoms with van der Waals surface area (Å²) in [6.07, 6.45) is -0.764. The molecule has 0 spiro atoms. The van der Waals surface area contributed by atoms with E-state index in [9.17, 15) is 5.11 Å². The van der Waals surface area contributed by atoms with Crippen LogP contribution in [0.1, 0.15) is 11.1 Å². The first-order valence-corrected chi connectivity index (χ1v) is 9.11. The fourth-order valence-corrected chi connectivity index (χ4v) is 3.51. The highest BCUT2D eigenvalue weighted by Crippen LogP contribution is 2.31. The van der Waals surface area contributed by atoms with Crippen LogP contribution in [-0.4, -0.2) is 34.5 Å². The van der Waals surface area contributed by atoms with Crippen molar-refractivity contribution in [2.75, 3.05) is 18.5 Å². The lowest BCUT2D eigenvalue weighted by Crippen LogP contribution is -2.22. The molecule has 1 aromatic heterocycles. The average molecular weight is 354 g/mol. The minimum absolute atomic E-state index is 0.252. The van der Waals surface area contributed by atoms with Crippen LogP contribution in [0.15, 0.2) is 47.8 Å². The van der Waals surface area contributed by atoms with Crippen LogP contribution in [-0.2, 0) is 0 Å². The Morgan fingerprint density at radius 3 is 2.76 bits per heavy atom. The van der Waals surface area contributed by atoms with Crippen LogP contribution >= 0.6 is 11.3 Å². The molecule has 25 heavy (non-hydrogen) atoms. The summed E-state index contributed by atoms with van der Waals surface area (Å²) in [6, 6.07) is 14.3. The SMILES string of the molecule is Cc1ccc(-c2csc(-c3cccc(NCC(O)CO)c3)n2)c(C)c1. The summed E-state index contributed by atoms with van der Waals surface area (Å²) in [4.78, 5) is 4.80. The third-order valence-electron chi connectivity index (χ3n) is 4.02. The highest BCUT2D eigenvalue weighted by Gasteiger charge is 2.10. The molecular weight excluding hydrogens is 332 g/mol. The smallest absolute Gasteiger partial charge is 0.124 e. The molecule has 130 valence electrons. The molecule has 0 aliphatic carbocycles. The quantitative estimate of drug-likeness (QED) is 0.629. The molecule has 1 atom stereocenters. The van der Waals surface area contributed by atoms with E-state index in [-0.39, 0.29) is 6.61 Å². The standard InChI is InChI=1S/C20H22N2O2S/c1-13-6-7-18(14(2)8-13)19-12-25-20(22-19)15-4-3-5-16(9-15)21-10-17(24)11-23/h3-9,12,17,21,23-24H,10-11H2,1-2H3. The lowest BCUT2D eigenvalue weighted by Gasteiger charge is -2.10. The molecule has 0 saturated heterocycles. The van der Waals surface area contributed by atoms with E-state index in [2.05, 4.69) is 42.7 Å². The maximum absolute atomic E-state index is 9.46. The molecule has 0 fully saturated rings. The second kappa shape index (κ2) is 7.78. The van der Waals surface area contributed by atoms with Crippen molar-refractivity contribution >= 4 is 17.0 Å². The summed E-state index contributed by atoms with van der Waals surface area (Å²) in [6.45, 7) is 4.26. The number of aliphatic hydroxyl groups excluding tert-OH is 2. The van der Waals surface area contributed by atoms with Gasteiger partial charge in [-0.2, -0.15) is 0 Å². The van der Waals surface area contributed by atoms with Crippen LogP contribution in [0.5, 0.6) is 0 Å². The van der Waals surface area contributed by atoms with E-state index < -0.39 is 6.10 Å². The third-order valence-corrected chi connectivity index (χ3v) is 4.92. The van der Waals surface area contributed by atoms with Gasteiger partial charge in [-0.25, -0.2) is 4.98 Å². The minimum Gasteiger partial charge on any atom is -0.394 e. The van der Waals surface area contributed by atoms with Gasteiger partial charge >= 0.3 is 0 Å². The van der Waals surface area contributed by atoms with E-state index in [1.165, 1.54) is 11.1 Å². The number of rotatable bonds is 6. The topological polar surface area (TPSA) is 65.4 Å². The van der Waals surface area contributed by atoms with Crippen molar-refractivity contribution in [3.63, 3.8) is 0 Å². The van der Waals surface area contributed by atoms with Crippen LogP contribution in [0, 0.1) is 13.8 Å². The molecule has 5 heteroatoms. The van der Waals surface area contributed by atoms with Crippen molar-refractivity contribution in [3.8, 4) is 21.8 Å². The van der Waals surface area contributed by atoms with Crippen molar-refractivity contribution in [2.45, 2.75) is 20.0 Å². The maximum atomic E-state index is 9.46. The number of aliphatic hydroxyl groups is 2. The zero-order chi connectivity index (χ0) is 17.8. The largest absolute Gasteiger partial charge is 0.394 e. The number of nitrogens with one attached hydrogen (secondary N) is 1. The van der Waals surface area contributed by atoms with E-state index in [0.717, 1.165) is 27.5 Å². The van der Waals surface area contributed by atoms with Crippen molar-refractivity contribution in [3.05, 3.63) is 59.0 Å². The number of nitrogens with zero attached hydrogens (tertiary/aromatic N) is 1. The summed E-state index contributed by atoms with van der Waals surface area (Å²) in [5.74, 6) is 0. The molecule has 0 saturated carbocycles. The molecule has 0 radical (unpaired) electrons. The predicted octanol–water partition coefficient (Wildman–Crippen LogP) is 3.86. The van der Waals surface area contributed by atoms with Crippen LogP contribution in [0.4, 0.5) is 5.69 Å². The molecule has 4 nitrogen and oxygen atoms in total. The zero-order valence-electron chi connectivity index (χ0n) is 14.4. The molecule has 0 aliphatic heterocycles. The minimum atomic E-state index is -0.764. The third kappa shape index (κ3) is 4.25. The van der Waals surface area contributed by atoms with E-state index in [0.29, 0.717) is 6.54 Å². The molecule has 3 N–H and O–H groups in total. The average Bonchev–Trinajstić information content (AvgIpc) is 3.09. The second-order valence-electron chi connectivity index (χ2n) is 6.15. The zero-order valence-corrected chi connectivity index (χ0v) is 15.2. The highest BCUT2D eigenvalue weighted by molar-refractivity contribution is 7.13. The Morgan fingerprint density at radius 1 is 1.16 bits per heavy atom. The van der Waals surface area contributed by atoms with Gasteiger partial charge in [-0.3, -0.25) is 0 Å². The van der Waals surface area contributed by atoms with Gasteiger partial charge in [0, 0.05) is 28.7 Å². The van der Waals surface area contributed by atoms with Crippen LogP contribution in [0.25, 0.3) is 21.8 Å². The van der Waals surface area contributed by atoms with Crippen LogP contribution in [0.2, 0.25) is 0 Å². The number of hydrogen-bond donors (Lipinski definition) is 3. The predicted molar refractivity (Wildman–Crippen MR) is 104 cm³/mol. The van der Waals surface area contributed by atoms with Crippen molar-refractivity contribution in [1.82, 2.24) is 4.98 Å². The summed E-state index contributed by atoms with van der Waals surface area (Å²) >= 11 is 1.62. The van der Waals surface area contributed by atoms with Crippen LogP contribution < -0.4 is 5.32 Å². The molecule has 0 amide bonds. The molecule has 1 heterocycles. The highest BCUT2D eigenvalue weighted by atomic mass is 32.1. The fourth-order valence-electron chi connectivity index (χ4n) is 2.69. The number of aryl methyl sites for hydroxylation is 2. The maximum Gasteiger partial charge on any atom is 0.124 e. The first-order chi connectivity index (χ1) is 12.1. The molecule has 2 aromatic carbocycles. The van der Waals surface area contributed by atoms with Gasteiger partial charge in [0.2, 0.25) is 0 Å². The van der Waals surface area contributed by atoms with Gasteiger partial charge in [-0.1, -0.05) is 35.9 Å². The Balaban J connectivity index is 1.82. The van der Waals surface area contributed by atoms with E-state index in [1.807, 2.05) is 24.3 Å². The lowest BCUT2D eigenvalue weighted by atomic mass is 10.0. The number of anilines is 1. The molecule has 3 aromatic rings. The fraction of sp³-hybridized carbons (Fsp3) is 0.250. The summed E-state index contributed by atoms with van der Waals surface area (Å²) < 4.78 is 0. The van der Waals surface area contributed by atoms with E-state index >= 15 is 0 Å². The van der Waals surface area contributed by atoms with Gasteiger partial charge in [0.25, 0.3) is 0 Å². The van der Waals surface area contributed by atoms with Gasteiger partial charge in [-0.05, 0) is 31.5 Å². The Labute approximate surface area is 151 Å². The first-order valence-electron chi connectivity index (χ1n) is 8.23. The molecular formula is C20H22N2O2S. The summed E-state index contributed by atoms with van der Waals surface area (Å²) in [5, 5.41) is 24.5. The van der Waals surface area contributed by atoms with Gasteiger partial charge in [0.05, 0.1) is 18.4 Å². The van der Waals surface area contributed by atoms with E-state index in [1.54, 1.807) is 11.3 Å². The number of hydrogen-bond acceptors (Lipinski definition) is 5. The Morgan fingerprint density at radius 2 is 2.00 bits per heavy atom. The second-order valence-corrected chi connectivity index (χ2v) is 7.01. The molecule has 0 bridgehead atoms. The molecule has 1 unspecified atom stereocenters. The van der Waals surface area contributed by atoms with Crippen molar-refractivity contribution in [2.24, 2.45) is 0 Å². The summed E-state index contributed by atoms with van der Waals surface area (Å²) in [5.41, 5.74) is 6.56. The van der Waals surface area contributed by atoms with Gasteiger partial charge in [0.1, 0.15) is 5.01 Å². The van der Waals surface area contributed by atoms with E-state index in [4.69, 9.17) is 10.1 Å². The van der Waals surface area contributed by atoms with Crippen LogP contribution in [0.3, 0.4) is 0 Å². The monoisotopic (exact) mass is 354 g/mol. The summed E-state index contributed by atoms with van der Waals surface area (Å²) in [7, 11) is 0. The van der Waals surface area contributed by atoms with Gasteiger partial charge in [0.15, 0.2) is 0 Å². The lowest BCUT2D eigenvalue weighted by molar-refractivity contribution is 0.105.